The SMILES string of the molecule is COc1cc(C2C3=C(CCCC3=O)N(CCc3ccccc3)C3=C2C(=O)CCC3)cc(Br)c1OCc1cccc([N+](=O)[O-])c1. The van der Waals surface area contributed by atoms with Crippen molar-refractivity contribution in [2.75, 3.05) is 13.7 Å². The van der Waals surface area contributed by atoms with Crippen LogP contribution in [0.1, 0.15) is 61.1 Å². The number of allylic oxidation sites excluding steroid dienone is 4. The zero-order valence-corrected chi connectivity index (χ0v) is 26.1. The summed E-state index contributed by atoms with van der Waals surface area (Å²) in [6, 6.07) is 20.4. The van der Waals surface area contributed by atoms with Gasteiger partial charge in [-0.25, -0.2) is 0 Å². The molecule has 3 aromatic carbocycles. The number of benzene rings is 3. The standard InChI is InChI=1S/C35H33BrN2O6/c1-43-31-20-24(19-26(36)35(31)44-21-23-10-5-11-25(18-23)38(41)42)32-33-27(12-6-14-29(33)39)37(17-16-22-8-3-2-4-9-22)28-13-7-15-30(40)34(28)32/h2-5,8-11,18-20,32H,6-7,12-17,21H2,1H3. The van der Waals surface area contributed by atoms with E-state index in [2.05, 4.69) is 33.0 Å². The van der Waals surface area contributed by atoms with Gasteiger partial charge in [-0.15, -0.1) is 0 Å². The van der Waals surface area contributed by atoms with E-state index in [1.54, 1.807) is 19.2 Å². The van der Waals surface area contributed by atoms with E-state index in [9.17, 15) is 19.7 Å². The minimum Gasteiger partial charge on any atom is -0.493 e. The van der Waals surface area contributed by atoms with Gasteiger partial charge in [0.15, 0.2) is 23.1 Å². The summed E-state index contributed by atoms with van der Waals surface area (Å²) in [7, 11) is 1.55. The third-order valence-corrected chi connectivity index (χ3v) is 9.23. The van der Waals surface area contributed by atoms with Crippen molar-refractivity contribution in [3.05, 3.63) is 121 Å². The summed E-state index contributed by atoms with van der Waals surface area (Å²) in [4.78, 5) is 40.5. The minimum atomic E-state index is -0.482. The fourth-order valence-electron chi connectivity index (χ4n) is 6.67. The number of nitro benzene ring substituents is 1. The zero-order valence-electron chi connectivity index (χ0n) is 24.5. The molecule has 2 aliphatic carbocycles. The zero-order chi connectivity index (χ0) is 30.8. The highest BCUT2D eigenvalue weighted by Crippen LogP contribution is 2.51. The number of hydrogen-bond acceptors (Lipinski definition) is 7. The Kier molecular flexibility index (Phi) is 8.66. The number of carbonyl (C=O) groups is 2. The molecule has 0 amide bonds. The second-order valence-corrected chi connectivity index (χ2v) is 12.2. The Hall–Kier alpha value is -4.24. The molecule has 0 bridgehead atoms. The van der Waals surface area contributed by atoms with Crippen LogP contribution in [0.15, 0.2) is 93.7 Å². The van der Waals surface area contributed by atoms with Crippen LogP contribution in [0, 0.1) is 10.1 Å². The highest BCUT2D eigenvalue weighted by atomic mass is 79.9. The van der Waals surface area contributed by atoms with Crippen molar-refractivity contribution in [1.82, 2.24) is 4.90 Å². The number of hydrogen-bond donors (Lipinski definition) is 0. The van der Waals surface area contributed by atoms with E-state index >= 15 is 0 Å². The van der Waals surface area contributed by atoms with Crippen molar-refractivity contribution >= 4 is 33.2 Å². The third kappa shape index (κ3) is 5.80. The van der Waals surface area contributed by atoms with Gasteiger partial charge in [0.1, 0.15) is 6.61 Å². The quantitative estimate of drug-likeness (QED) is 0.173. The lowest BCUT2D eigenvalue weighted by Crippen LogP contribution is -2.40. The Morgan fingerprint density at radius 3 is 2.18 bits per heavy atom. The molecule has 44 heavy (non-hydrogen) atoms. The second-order valence-electron chi connectivity index (χ2n) is 11.3. The van der Waals surface area contributed by atoms with Gasteiger partial charge in [0.25, 0.3) is 5.69 Å². The fraction of sp³-hybridized carbons (Fsp3) is 0.314. The van der Waals surface area contributed by atoms with Crippen molar-refractivity contribution in [1.29, 1.82) is 0 Å². The first-order valence-electron chi connectivity index (χ1n) is 14.9. The van der Waals surface area contributed by atoms with Gasteiger partial charge in [-0.2, -0.15) is 0 Å². The summed E-state index contributed by atoms with van der Waals surface area (Å²) < 4.78 is 12.5. The van der Waals surface area contributed by atoms with Crippen LogP contribution >= 0.6 is 15.9 Å². The Bertz CT molecular complexity index is 1650. The third-order valence-electron chi connectivity index (χ3n) is 8.64. The molecule has 6 rings (SSSR count). The van der Waals surface area contributed by atoms with Gasteiger partial charge >= 0.3 is 0 Å². The van der Waals surface area contributed by atoms with Crippen LogP contribution in [0.5, 0.6) is 11.5 Å². The van der Waals surface area contributed by atoms with Gasteiger partial charge in [0.05, 0.1) is 16.5 Å². The summed E-state index contributed by atoms with van der Waals surface area (Å²) >= 11 is 3.66. The average molecular weight is 658 g/mol. The van der Waals surface area contributed by atoms with Gasteiger partial charge in [-0.05, 0) is 76.9 Å². The fourth-order valence-corrected chi connectivity index (χ4v) is 7.24. The van der Waals surface area contributed by atoms with E-state index in [0.29, 0.717) is 40.9 Å². The lowest BCUT2D eigenvalue weighted by molar-refractivity contribution is -0.384. The van der Waals surface area contributed by atoms with Crippen LogP contribution in [0.3, 0.4) is 0 Å². The molecule has 0 aromatic heterocycles. The normalized spacial score (nSPS) is 17.0. The molecule has 0 N–H and O–H groups in total. The first-order valence-corrected chi connectivity index (χ1v) is 15.7. The van der Waals surface area contributed by atoms with Crippen molar-refractivity contribution in [3.63, 3.8) is 0 Å². The van der Waals surface area contributed by atoms with Gasteiger partial charge in [0, 0.05) is 60.0 Å². The van der Waals surface area contributed by atoms with Crippen LogP contribution in [0.4, 0.5) is 5.69 Å². The van der Waals surface area contributed by atoms with Gasteiger partial charge in [-0.1, -0.05) is 42.5 Å². The molecule has 1 heterocycles. The Balaban J connectivity index is 1.39. The Labute approximate surface area is 264 Å². The lowest BCUT2D eigenvalue weighted by Gasteiger charge is -2.44. The number of halogens is 1. The largest absolute Gasteiger partial charge is 0.493 e. The maximum absolute atomic E-state index is 13.7. The van der Waals surface area contributed by atoms with Crippen LogP contribution in [0.2, 0.25) is 0 Å². The number of Topliss-reactive ketones (excluding diaryl/α,β-unsaturated/α-hetero) is 2. The molecule has 0 unspecified atom stereocenters. The van der Waals surface area contributed by atoms with Crippen molar-refractivity contribution < 1.29 is 24.0 Å². The molecule has 0 fully saturated rings. The number of non-ortho nitro benzene ring substituents is 1. The molecule has 0 saturated heterocycles. The van der Waals surface area contributed by atoms with E-state index in [1.165, 1.54) is 17.7 Å². The molecule has 9 heteroatoms. The number of nitro groups is 1. The van der Waals surface area contributed by atoms with E-state index in [1.807, 2.05) is 30.3 Å². The molecule has 0 saturated carbocycles. The molecule has 1 aliphatic heterocycles. The first kappa shape index (κ1) is 29.8. The molecule has 0 radical (unpaired) electrons. The maximum Gasteiger partial charge on any atom is 0.269 e. The van der Waals surface area contributed by atoms with Crippen molar-refractivity contribution in [3.8, 4) is 11.5 Å². The van der Waals surface area contributed by atoms with Gasteiger partial charge in [-0.3, -0.25) is 19.7 Å². The van der Waals surface area contributed by atoms with Crippen LogP contribution in [-0.4, -0.2) is 35.0 Å². The molecule has 8 nitrogen and oxygen atoms in total. The number of ether oxygens (including phenoxy) is 2. The molecule has 3 aromatic rings. The predicted octanol–water partition coefficient (Wildman–Crippen LogP) is 7.60. The van der Waals surface area contributed by atoms with Crippen LogP contribution < -0.4 is 9.47 Å². The maximum atomic E-state index is 13.7. The molecule has 226 valence electrons. The van der Waals surface area contributed by atoms with Crippen LogP contribution in [0.25, 0.3) is 0 Å². The molecule has 0 spiro atoms. The van der Waals surface area contributed by atoms with E-state index < -0.39 is 10.8 Å². The van der Waals surface area contributed by atoms with Gasteiger partial charge < -0.3 is 14.4 Å². The summed E-state index contributed by atoms with van der Waals surface area (Å²) in [5.41, 5.74) is 6.17. The average Bonchev–Trinajstić information content (AvgIpc) is 3.03. The Morgan fingerprint density at radius 2 is 1.55 bits per heavy atom. The summed E-state index contributed by atoms with van der Waals surface area (Å²) in [5.74, 6) is 0.585. The van der Waals surface area contributed by atoms with E-state index in [0.717, 1.165) is 60.2 Å². The monoisotopic (exact) mass is 656 g/mol. The summed E-state index contributed by atoms with van der Waals surface area (Å²) in [6.45, 7) is 0.809. The number of nitrogens with zero attached hydrogens (tertiary/aromatic N) is 2. The van der Waals surface area contributed by atoms with Crippen LogP contribution in [-0.2, 0) is 22.6 Å². The van der Waals surface area contributed by atoms with Crippen molar-refractivity contribution in [2.24, 2.45) is 0 Å². The number of ketones is 2. The Morgan fingerprint density at radius 1 is 0.886 bits per heavy atom. The van der Waals surface area contributed by atoms with E-state index in [4.69, 9.17) is 9.47 Å². The predicted molar refractivity (Wildman–Crippen MR) is 169 cm³/mol. The number of carbonyl (C=O) groups excluding carboxylic acids is 2. The lowest BCUT2D eigenvalue weighted by atomic mass is 9.71. The molecule has 0 atom stereocenters. The minimum absolute atomic E-state index is 0.00922. The smallest absolute Gasteiger partial charge is 0.269 e. The molecular weight excluding hydrogens is 624 g/mol. The summed E-state index contributed by atoms with van der Waals surface area (Å²) in [5, 5.41) is 11.2. The second kappa shape index (κ2) is 12.8. The highest BCUT2D eigenvalue weighted by molar-refractivity contribution is 9.10. The van der Waals surface area contributed by atoms with Gasteiger partial charge in [0.2, 0.25) is 0 Å². The van der Waals surface area contributed by atoms with E-state index in [-0.39, 0.29) is 23.9 Å². The summed E-state index contributed by atoms with van der Waals surface area (Å²) in [6.07, 6.45) is 4.90. The number of rotatable bonds is 9. The highest BCUT2D eigenvalue weighted by Gasteiger charge is 2.43. The molecular formula is C35H33BrN2O6. The number of methoxy groups -OCH3 is 1. The first-order chi connectivity index (χ1) is 21.4. The molecule has 3 aliphatic rings. The topological polar surface area (TPSA) is 99.0 Å². The van der Waals surface area contributed by atoms with Crippen molar-refractivity contribution in [2.45, 2.75) is 57.5 Å².